The van der Waals surface area contributed by atoms with Crippen LogP contribution in [0.2, 0.25) is 0 Å². The standard InChI is InChI=1S/C13H13NO5/c1-6-4-7(2)12(18-3)11(15)10(6)9-5-8(13(16)17)14-19-9/h4-5,15H,1-3H3,(H,16,17). The van der Waals surface area contributed by atoms with Crippen LogP contribution in [0, 0.1) is 13.8 Å². The third-order valence-electron chi connectivity index (χ3n) is 2.82. The van der Waals surface area contributed by atoms with Crippen LogP contribution in [0.15, 0.2) is 16.7 Å². The molecule has 0 unspecified atom stereocenters. The van der Waals surface area contributed by atoms with Crippen LogP contribution >= 0.6 is 0 Å². The van der Waals surface area contributed by atoms with Crippen LogP contribution in [0.4, 0.5) is 0 Å². The van der Waals surface area contributed by atoms with Crippen molar-refractivity contribution in [1.82, 2.24) is 5.16 Å². The fourth-order valence-electron chi connectivity index (χ4n) is 2.01. The molecule has 19 heavy (non-hydrogen) atoms. The third-order valence-corrected chi connectivity index (χ3v) is 2.82. The molecule has 2 rings (SSSR count). The summed E-state index contributed by atoms with van der Waals surface area (Å²) in [6.07, 6.45) is 0. The zero-order chi connectivity index (χ0) is 14.2. The van der Waals surface area contributed by atoms with Gasteiger partial charge >= 0.3 is 5.97 Å². The number of hydrogen-bond acceptors (Lipinski definition) is 5. The summed E-state index contributed by atoms with van der Waals surface area (Å²) in [5.74, 6) is -0.765. The summed E-state index contributed by atoms with van der Waals surface area (Å²) in [6.45, 7) is 3.59. The number of phenols is 1. The van der Waals surface area contributed by atoms with Crippen LogP contribution in [0.1, 0.15) is 21.6 Å². The van der Waals surface area contributed by atoms with Crippen molar-refractivity contribution in [2.24, 2.45) is 0 Å². The molecule has 0 radical (unpaired) electrons. The average Bonchev–Trinajstić information content (AvgIpc) is 2.78. The predicted molar refractivity (Wildman–Crippen MR) is 66.6 cm³/mol. The maximum Gasteiger partial charge on any atom is 0.358 e. The van der Waals surface area contributed by atoms with Gasteiger partial charge in [0.2, 0.25) is 0 Å². The number of benzene rings is 1. The van der Waals surface area contributed by atoms with Crippen LogP contribution in [-0.2, 0) is 0 Å². The van der Waals surface area contributed by atoms with E-state index in [1.54, 1.807) is 13.8 Å². The van der Waals surface area contributed by atoms with E-state index < -0.39 is 5.97 Å². The fourth-order valence-corrected chi connectivity index (χ4v) is 2.01. The minimum atomic E-state index is -1.19. The van der Waals surface area contributed by atoms with Gasteiger partial charge in [0.25, 0.3) is 0 Å². The van der Waals surface area contributed by atoms with Crippen LogP contribution in [0.5, 0.6) is 11.5 Å². The van der Waals surface area contributed by atoms with Crippen molar-refractivity contribution in [3.05, 3.63) is 29.0 Å². The number of aromatic hydroxyl groups is 1. The highest BCUT2D eigenvalue weighted by Crippen LogP contribution is 2.41. The van der Waals surface area contributed by atoms with E-state index in [4.69, 9.17) is 14.4 Å². The second-order valence-electron chi connectivity index (χ2n) is 4.15. The summed E-state index contributed by atoms with van der Waals surface area (Å²) < 4.78 is 10.1. The Bertz CT molecular complexity index is 645. The smallest absolute Gasteiger partial charge is 0.358 e. The van der Waals surface area contributed by atoms with E-state index in [1.165, 1.54) is 13.2 Å². The lowest BCUT2D eigenvalue weighted by Gasteiger charge is -2.12. The van der Waals surface area contributed by atoms with Crippen molar-refractivity contribution in [3.63, 3.8) is 0 Å². The molecule has 0 bridgehead atoms. The molecular weight excluding hydrogens is 250 g/mol. The number of ether oxygens (including phenoxy) is 1. The minimum absolute atomic E-state index is 0.0897. The van der Waals surface area contributed by atoms with Gasteiger partial charge in [-0.25, -0.2) is 4.79 Å². The summed E-state index contributed by atoms with van der Waals surface area (Å²) >= 11 is 0. The number of hydrogen-bond donors (Lipinski definition) is 2. The molecule has 6 nitrogen and oxygen atoms in total. The molecule has 0 spiro atoms. The highest BCUT2D eigenvalue weighted by Gasteiger charge is 2.20. The Morgan fingerprint density at radius 1 is 1.32 bits per heavy atom. The second-order valence-corrected chi connectivity index (χ2v) is 4.15. The number of aryl methyl sites for hydroxylation is 2. The van der Waals surface area contributed by atoms with E-state index in [0.717, 1.165) is 11.1 Å². The highest BCUT2D eigenvalue weighted by atomic mass is 16.5. The van der Waals surface area contributed by atoms with Crippen LogP contribution in [0.25, 0.3) is 11.3 Å². The lowest BCUT2D eigenvalue weighted by atomic mass is 10.0. The molecule has 0 amide bonds. The molecule has 2 aromatic rings. The van der Waals surface area contributed by atoms with Crippen molar-refractivity contribution in [2.75, 3.05) is 7.11 Å². The maximum atomic E-state index is 10.8. The molecule has 0 aliphatic rings. The van der Waals surface area contributed by atoms with Crippen molar-refractivity contribution in [3.8, 4) is 22.8 Å². The maximum absolute atomic E-state index is 10.8. The van der Waals surface area contributed by atoms with Gasteiger partial charge < -0.3 is 19.5 Å². The number of aromatic carboxylic acids is 1. The molecule has 1 heterocycles. The number of phenolic OH excluding ortho intramolecular Hbond substituents is 1. The van der Waals surface area contributed by atoms with Gasteiger partial charge in [-0.1, -0.05) is 11.2 Å². The quantitative estimate of drug-likeness (QED) is 0.883. The Kier molecular flexibility index (Phi) is 3.16. The zero-order valence-corrected chi connectivity index (χ0v) is 10.7. The number of carbonyl (C=O) groups is 1. The van der Waals surface area contributed by atoms with Gasteiger partial charge in [0.1, 0.15) is 0 Å². The first-order chi connectivity index (χ1) is 8.95. The Labute approximate surface area is 109 Å². The summed E-state index contributed by atoms with van der Waals surface area (Å²) in [5, 5.41) is 22.4. The zero-order valence-electron chi connectivity index (χ0n) is 10.7. The number of carboxylic acids is 1. The van der Waals surface area contributed by atoms with E-state index in [-0.39, 0.29) is 17.2 Å². The molecule has 6 heteroatoms. The van der Waals surface area contributed by atoms with Crippen LogP contribution in [-0.4, -0.2) is 28.4 Å². The van der Waals surface area contributed by atoms with Crippen molar-refractivity contribution in [1.29, 1.82) is 0 Å². The van der Waals surface area contributed by atoms with Crippen molar-refractivity contribution >= 4 is 5.97 Å². The topological polar surface area (TPSA) is 92.8 Å². The molecule has 0 fully saturated rings. The molecule has 0 atom stereocenters. The first-order valence-electron chi connectivity index (χ1n) is 5.53. The molecule has 1 aromatic heterocycles. The first kappa shape index (κ1) is 12.9. The molecule has 0 saturated heterocycles. The SMILES string of the molecule is COc1c(C)cc(C)c(-c2cc(C(=O)O)no2)c1O. The van der Waals surface area contributed by atoms with Crippen LogP contribution in [0.3, 0.4) is 0 Å². The van der Waals surface area contributed by atoms with E-state index in [0.29, 0.717) is 11.3 Å². The summed E-state index contributed by atoms with van der Waals surface area (Å²) in [6, 6.07) is 3.08. The lowest BCUT2D eigenvalue weighted by molar-refractivity contribution is 0.0686. The predicted octanol–water partition coefficient (Wildman–Crippen LogP) is 2.37. The van der Waals surface area contributed by atoms with E-state index in [9.17, 15) is 9.90 Å². The number of carboxylic acid groups (broad SMARTS) is 1. The second kappa shape index (κ2) is 4.64. The Hall–Kier alpha value is -2.50. The molecule has 0 aliphatic carbocycles. The summed E-state index contributed by atoms with van der Waals surface area (Å²) in [7, 11) is 1.45. The fraction of sp³-hybridized carbons (Fsp3) is 0.231. The molecule has 100 valence electrons. The Morgan fingerprint density at radius 2 is 2.00 bits per heavy atom. The monoisotopic (exact) mass is 263 g/mol. The number of methoxy groups -OCH3 is 1. The normalized spacial score (nSPS) is 10.5. The minimum Gasteiger partial charge on any atom is -0.504 e. The van der Waals surface area contributed by atoms with Gasteiger partial charge in [-0.2, -0.15) is 0 Å². The number of nitrogens with zero attached hydrogens (tertiary/aromatic N) is 1. The number of aromatic nitrogens is 1. The highest BCUT2D eigenvalue weighted by molar-refractivity contribution is 5.87. The summed E-state index contributed by atoms with van der Waals surface area (Å²) in [4.78, 5) is 10.8. The summed E-state index contributed by atoms with van der Waals surface area (Å²) in [5.41, 5.74) is 1.68. The Morgan fingerprint density at radius 3 is 2.53 bits per heavy atom. The Balaban J connectivity index is 2.64. The molecule has 2 N–H and O–H groups in total. The van der Waals surface area contributed by atoms with Gasteiger partial charge in [0.15, 0.2) is 23.0 Å². The van der Waals surface area contributed by atoms with Gasteiger partial charge in [-0.3, -0.25) is 0 Å². The van der Waals surface area contributed by atoms with E-state index in [1.807, 2.05) is 6.07 Å². The van der Waals surface area contributed by atoms with E-state index in [2.05, 4.69) is 5.16 Å². The van der Waals surface area contributed by atoms with Crippen molar-refractivity contribution in [2.45, 2.75) is 13.8 Å². The van der Waals surface area contributed by atoms with Gasteiger partial charge in [-0.05, 0) is 25.0 Å². The largest absolute Gasteiger partial charge is 0.504 e. The third kappa shape index (κ3) is 2.12. The van der Waals surface area contributed by atoms with Crippen LogP contribution < -0.4 is 4.74 Å². The molecule has 1 aromatic carbocycles. The first-order valence-corrected chi connectivity index (χ1v) is 5.53. The van der Waals surface area contributed by atoms with E-state index >= 15 is 0 Å². The van der Waals surface area contributed by atoms with Gasteiger partial charge in [0.05, 0.1) is 12.7 Å². The number of rotatable bonds is 3. The molecular formula is C13H13NO5. The lowest BCUT2D eigenvalue weighted by Crippen LogP contribution is -1.95. The van der Waals surface area contributed by atoms with Gasteiger partial charge in [0, 0.05) is 6.07 Å². The van der Waals surface area contributed by atoms with Gasteiger partial charge in [-0.15, -0.1) is 0 Å². The van der Waals surface area contributed by atoms with Crippen molar-refractivity contribution < 1.29 is 24.3 Å². The molecule has 0 saturated carbocycles. The molecule has 0 aliphatic heterocycles. The average molecular weight is 263 g/mol.